The number of halogens is 1. The molecular formula is C12H9BrO4. The molecule has 0 unspecified atom stereocenters. The molecule has 1 aromatic heterocycles. The van der Waals surface area contributed by atoms with E-state index in [-0.39, 0.29) is 18.3 Å². The standard InChI is InChI=1S/C12H9BrO4/c13-8-2-3-9-10(5-8)17-6-7(12(9)16)1-4-11(14)15/h2-3,5-6H,1,4H2,(H,14,15). The minimum atomic E-state index is -0.930. The van der Waals surface area contributed by atoms with Gasteiger partial charge in [-0.05, 0) is 24.6 Å². The van der Waals surface area contributed by atoms with E-state index in [1.54, 1.807) is 18.2 Å². The summed E-state index contributed by atoms with van der Waals surface area (Å²) in [5.74, 6) is -0.930. The van der Waals surface area contributed by atoms with Crippen LogP contribution in [0.1, 0.15) is 12.0 Å². The molecule has 0 radical (unpaired) electrons. The Labute approximate surface area is 105 Å². The number of aryl methyl sites for hydroxylation is 1. The normalized spacial score (nSPS) is 10.6. The summed E-state index contributed by atoms with van der Waals surface area (Å²) in [4.78, 5) is 22.4. The van der Waals surface area contributed by atoms with Crippen LogP contribution >= 0.6 is 15.9 Å². The van der Waals surface area contributed by atoms with E-state index in [2.05, 4.69) is 15.9 Å². The number of rotatable bonds is 3. The number of fused-ring (bicyclic) bond motifs is 1. The summed E-state index contributed by atoms with van der Waals surface area (Å²) in [6, 6.07) is 5.12. The number of carbonyl (C=O) groups is 1. The summed E-state index contributed by atoms with van der Waals surface area (Å²) >= 11 is 3.29. The average Bonchev–Trinajstić information content (AvgIpc) is 2.27. The first-order valence-electron chi connectivity index (χ1n) is 4.99. The first-order chi connectivity index (χ1) is 8.08. The highest BCUT2D eigenvalue weighted by atomic mass is 79.9. The van der Waals surface area contributed by atoms with Gasteiger partial charge in [0.1, 0.15) is 5.58 Å². The minimum Gasteiger partial charge on any atom is -0.481 e. The molecule has 0 atom stereocenters. The number of hydrogen-bond acceptors (Lipinski definition) is 3. The van der Waals surface area contributed by atoms with Crippen molar-refractivity contribution in [3.63, 3.8) is 0 Å². The molecule has 0 spiro atoms. The maximum atomic E-state index is 12.0. The molecule has 0 aliphatic heterocycles. The first kappa shape index (κ1) is 11.9. The third-order valence-corrected chi connectivity index (χ3v) is 2.91. The van der Waals surface area contributed by atoms with Crippen molar-refractivity contribution < 1.29 is 14.3 Å². The maximum absolute atomic E-state index is 12.0. The van der Waals surface area contributed by atoms with Gasteiger partial charge in [-0.25, -0.2) is 0 Å². The predicted octanol–water partition coefficient (Wildman–Crippen LogP) is 2.57. The van der Waals surface area contributed by atoms with E-state index in [1.165, 1.54) is 6.26 Å². The van der Waals surface area contributed by atoms with Gasteiger partial charge in [0, 0.05) is 16.5 Å². The molecule has 0 saturated heterocycles. The Morgan fingerprint density at radius 2 is 2.18 bits per heavy atom. The van der Waals surface area contributed by atoms with Crippen molar-refractivity contribution in [3.8, 4) is 0 Å². The van der Waals surface area contributed by atoms with Crippen molar-refractivity contribution >= 4 is 32.9 Å². The van der Waals surface area contributed by atoms with Gasteiger partial charge in [0.15, 0.2) is 5.43 Å². The van der Waals surface area contributed by atoms with Crippen molar-refractivity contribution in [2.45, 2.75) is 12.8 Å². The zero-order chi connectivity index (χ0) is 12.4. The Morgan fingerprint density at radius 3 is 2.88 bits per heavy atom. The van der Waals surface area contributed by atoms with Gasteiger partial charge in [-0.1, -0.05) is 15.9 Å². The van der Waals surface area contributed by atoms with Crippen molar-refractivity contribution in [1.82, 2.24) is 0 Å². The van der Waals surface area contributed by atoms with E-state index in [0.29, 0.717) is 16.5 Å². The summed E-state index contributed by atoms with van der Waals surface area (Å²) in [7, 11) is 0. The van der Waals surface area contributed by atoms with Gasteiger partial charge in [0.05, 0.1) is 11.6 Å². The van der Waals surface area contributed by atoms with Crippen LogP contribution in [0.15, 0.2) is 38.1 Å². The Morgan fingerprint density at radius 1 is 1.41 bits per heavy atom. The fourth-order valence-electron chi connectivity index (χ4n) is 1.56. The molecule has 0 aliphatic carbocycles. The molecule has 0 fully saturated rings. The molecule has 5 heteroatoms. The summed E-state index contributed by atoms with van der Waals surface area (Å²) in [6.07, 6.45) is 1.44. The Hall–Kier alpha value is -1.62. The van der Waals surface area contributed by atoms with Gasteiger partial charge < -0.3 is 9.52 Å². The molecule has 88 valence electrons. The second kappa shape index (κ2) is 4.71. The van der Waals surface area contributed by atoms with Gasteiger partial charge in [-0.15, -0.1) is 0 Å². The van der Waals surface area contributed by atoms with E-state index in [1.807, 2.05) is 0 Å². The van der Waals surface area contributed by atoms with Crippen LogP contribution in [0.4, 0.5) is 0 Å². The smallest absolute Gasteiger partial charge is 0.303 e. The second-order valence-electron chi connectivity index (χ2n) is 3.62. The third kappa shape index (κ3) is 2.55. The molecule has 4 nitrogen and oxygen atoms in total. The lowest BCUT2D eigenvalue weighted by atomic mass is 10.1. The minimum absolute atomic E-state index is 0.0766. The zero-order valence-corrected chi connectivity index (χ0v) is 10.4. The lowest BCUT2D eigenvalue weighted by Crippen LogP contribution is -2.10. The SMILES string of the molecule is O=C(O)CCc1coc2cc(Br)ccc2c1=O. The maximum Gasteiger partial charge on any atom is 0.303 e. The molecule has 2 rings (SSSR count). The van der Waals surface area contributed by atoms with Crippen LogP contribution in [0, 0.1) is 0 Å². The largest absolute Gasteiger partial charge is 0.481 e. The van der Waals surface area contributed by atoms with E-state index < -0.39 is 5.97 Å². The molecule has 2 aromatic rings. The van der Waals surface area contributed by atoms with Crippen LogP contribution in [0.3, 0.4) is 0 Å². The molecule has 1 heterocycles. The third-order valence-electron chi connectivity index (χ3n) is 2.42. The van der Waals surface area contributed by atoms with Gasteiger partial charge in [0.25, 0.3) is 0 Å². The lowest BCUT2D eigenvalue weighted by Gasteiger charge is -2.01. The van der Waals surface area contributed by atoms with Gasteiger partial charge >= 0.3 is 5.97 Å². The second-order valence-corrected chi connectivity index (χ2v) is 4.54. The predicted molar refractivity (Wildman–Crippen MR) is 66.1 cm³/mol. The Bertz CT molecular complexity index is 630. The number of carboxylic acids is 1. The van der Waals surface area contributed by atoms with Crippen LogP contribution in [0.5, 0.6) is 0 Å². The van der Waals surface area contributed by atoms with E-state index in [0.717, 1.165) is 4.47 Å². The molecule has 0 amide bonds. The fraction of sp³-hybridized carbons (Fsp3) is 0.167. The van der Waals surface area contributed by atoms with Gasteiger partial charge in [-0.3, -0.25) is 9.59 Å². The topological polar surface area (TPSA) is 67.5 Å². The van der Waals surface area contributed by atoms with E-state index in [9.17, 15) is 9.59 Å². The van der Waals surface area contributed by atoms with E-state index in [4.69, 9.17) is 9.52 Å². The molecular weight excluding hydrogens is 288 g/mol. The van der Waals surface area contributed by atoms with E-state index >= 15 is 0 Å². The van der Waals surface area contributed by atoms with Crippen molar-refractivity contribution in [2.75, 3.05) is 0 Å². The molecule has 1 N–H and O–H groups in total. The monoisotopic (exact) mass is 296 g/mol. The highest BCUT2D eigenvalue weighted by Crippen LogP contribution is 2.18. The fourth-order valence-corrected chi connectivity index (χ4v) is 1.90. The van der Waals surface area contributed by atoms with Crippen LogP contribution < -0.4 is 5.43 Å². The van der Waals surface area contributed by atoms with Crippen LogP contribution in [-0.4, -0.2) is 11.1 Å². The molecule has 17 heavy (non-hydrogen) atoms. The first-order valence-corrected chi connectivity index (χ1v) is 5.79. The van der Waals surface area contributed by atoms with Gasteiger partial charge in [0.2, 0.25) is 0 Å². The molecule has 0 saturated carbocycles. The number of benzene rings is 1. The Kier molecular flexibility index (Phi) is 3.28. The summed E-state index contributed by atoms with van der Waals surface area (Å²) < 4.78 is 6.14. The summed E-state index contributed by atoms with van der Waals surface area (Å²) in [5, 5.41) is 9.05. The molecule has 0 bridgehead atoms. The van der Waals surface area contributed by atoms with Crippen LogP contribution in [-0.2, 0) is 11.2 Å². The van der Waals surface area contributed by atoms with Gasteiger partial charge in [-0.2, -0.15) is 0 Å². The van der Waals surface area contributed by atoms with Crippen molar-refractivity contribution in [2.24, 2.45) is 0 Å². The van der Waals surface area contributed by atoms with Crippen molar-refractivity contribution in [3.05, 3.63) is 44.7 Å². The number of hydrogen-bond donors (Lipinski definition) is 1. The quantitative estimate of drug-likeness (QED) is 0.945. The lowest BCUT2D eigenvalue weighted by molar-refractivity contribution is -0.136. The zero-order valence-electron chi connectivity index (χ0n) is 8.77. The number of aliphatic carboxylic acids is 1. The van der Waals surface area contributed by atoms with Crippen LogP contribution in [0.2, 0.25) is 0 Å². The highest BCUT2D eigenvalue weighted by molar-refractivity contribution is 9.10. The molecule has 1 aromatic carbocycles. The van der Waals surface area contributed by atoms with Crippen LogP contribution in [0.25, 0.3) is 11.0 Å². The number of carboxylic acid groups (broad SMARTS) is 1. The highest BCUT2D eigenvalue weighted by Gasteiger charge is 2.08. The molecule has 0 aliphatic rings. The average molecular weight is 297 g/mol. The van der Waals surface area contributed by atoms with Crippen molar-refractivity contribution in [1.29, 1.82) is 0 Å². The summed E-state index contributed by atoms with van der Waals surface area (Å²) in [5.41, 5.74) is 0.714. The Balaban J connectivity index is 2.47. The summed E-state index contributed by atoms with van der Waals surface area (Å²) in [6.45, 7) is 0.